The van der Waals surface area contributed by atoms with Gasteiger partial charge < -0.3 is 15.2 Å². The second-order valence-electron chi connectivity index (χ2n) is 9.90. The summed E-state index contributed by atoms with van der Waals surface area (Å²) in [5, 5.41) is 14.0. The largest absolute Gasteiger partial charge is 0.488 e. The van der Waals surface area contributed by atoms with Crippen LogP contribution in [0.2, 0.25) is 0 Å². The molecule has 1 amide bonds. The summed E-state index contributed by atoms with van der Waals surface area (Å²) in [4.78, 5) is 44.6. The van der Waals surface area contributed by atoms with E-state index in [0.29, 0.717) is 36.5 Å². The van der Waals surface area contributed by atoms with Gasteiger partial charge in [-0.2, -0.15) is 0 Å². The van der Waals surface area contributed by atoms with Crippen molar-refractivity contribution < 1.29 is 19.4 Å². The van der Waals surface area contributed by atoms with Crippen molar-refractivity contribution in [2.24, 2.45) is 4.99 Å². The normalized spacial score (nSPS) is 14.6. The monoisotopic (exact) mass is 685 g/mol. The highest BCUT2D eigenvalue weighted by Crippen LogP contribution is 2.33. The second-order valence-corrected chi connectivity index (χ2v) is 12.7. The second kappa shape index (κ2) is 12.6. The number of hydrogen-bond donors (Lipinski definition) is 2. The van der Waals surface area contributed by atoms with Crippen molar-refractivity contribution in [2.45, 2.75) is 19.6 Å². The Morgan fingerprint density at radius 3 is 2.52 bits per heavy atom. The highest BCUT2D eigenvalue weighted by molar-refractivity contribution is 9.10. The van der Waals surface area contributed by atoms with Crippen LogP contribution in [0.4, 0.5) is 5.69 Å². The van der Waals surface area contributed by atoms with Crippen LogP contribution in [0.25, 0.3) is 6.08 Å². The Morgan fingerprint density at radius 2 is 1.84 bits per heavy atom. The van der Waals surface area contributed by atoms with Crippen LogP contribution < -0.4 is 24.9 Å². The molecular formula is C33H24BrN3O5S2. The topological polar surface area (TPSA) is 110 Å². The molecule has 2 aromatic heterocycles. The van der Waals surface area contributed by atoms with Gasteiger partial charge in [-0.25, -0.2) is 9.79 Å². The zero-order valence-electron chi connectivity index (χ0n) is 23.2. The molecule has 6 rings (SSSR count). The molecule has 1 aliphatic rings. The number of allylic oxidation sites excluding steroid dienone is 1. The molecular weight excluding hydrogens is 662 g/mol. The summed E-state index contributed by atoms with van der Waals surface area (Å²) in [6.45, 7) is 2.06. The number of para-hydroxylation sites is 1. The standard InChI is InChI=1S/C33H24BrN3O5S2/c1-19-28(30(38)36-23-6-3-2-4-7-23)29(26-8-5-15-43-26)37-31(39)27(44-33(37)35-19)17-21-11-14-25(24(34)16-21)42-18-20-9-12-22(13-10-20)32(40)41/h2-17,29H,18H2,1H3,(H,36,38)(H,40,41)/b27-17+/t29-/m1/s1. The van der Waals surface area contributed by atoms with Gasteiger partial charge >= 0.3 is 5.97 Å². The number of ether oxygens (including phenoxy) is 1. The Morgan fingerprint density at radius 1 is 1.07 bits per heavy atom. The molecule has 11 heteroatoms. The highest BCUT2D eigenvalue weighted by Gasteiger charge is 2.33. The van der Waals surface area contributed by atoms with Crippen molar-refractivity contribution in [3.8, 4) is 5.75 Å². The number of benzene rings is 3. The summed E-state index contributed by atoms with van der Waals surface area (Å²) in [7, 11) is 0. The molecule has 5 aromatic rings. The zero-order chi connectivity index (χ0) is 30.8. The summed E-state index contributed by atoms with van der Waals surface area (Å²) in [5.41, 5.74) is 3.25. The predicted molar refractivity (Wildman–Crippen MR) is 175 cm³/mol. The van der Waals surface area contributed by atoms with Crippen molar-refractivity contribution in [2.75, 3.05) is 5.32 Å². The lowest BCUT2D eigenvalue weighted by Crippen LogP contribution is -2.40. The number of thiazole rings is 1. The number of rotatable bonds is 8. The molecule has 2 N–H and O–H groups in total. The molecule has 8 nitrogen and oxygen atoms in total. The van der Waals surface area contributed by atoms with Crippen LogP contribution in [0, 0.1) is 0 Å². The first kappa shape index (κ1) is 29.5. The van der Waals surface area contributed by atoms with E-state index >= 15 is 0 Å². The molecule has 0 saturated heterocycles. The first-order valence-electron chi connectivity index (χ1n) is 13.5. The SMILES string of the molecule is CC1=C(C(=O)Nc2ccccc2)[C@@H](c2cccs2)n2c(s/c(=C/c3ccc(OCc4ccc(C(=O)O)cc4)c(Br)c3)c2=O)=N1. The van der Waals surface area contributed by atoms with E-state index in [4.69, 9.17) is 14.8 Å². The number of carboxylic acid groups (broad SMARTS) is 1. The molecule has 0 spiro atoms. The minimum Gasteiger partial charge on any atom is -0.488 e. The number of amides is 1. The van der Waals surface area contributed by atoms with Gasteiger partial charge in [0.2, 0.25) is 0 Å². The molecule has 0 aliphatic carbocycles. The smallest absolute Gasteiger partial charge is 0.335 e. The molecule has 220 valence electrons. The first-order valence-corrected chi connectivity index (χ1v) is 15.9. The van der Waals surface area contributed by atoms with E-state index in [1.165, 1.54) is 34.8 Å². The van der Waals surface area contributed by atoms with Gasteiger partial charge in [-0.05, 0) is 87.9 Å². The van der Waals surface area contributed by atoms with Crippen LogP contribution in [0.3, 0.4) is 0 Å². The number of fused-ring (bicyclic) bond motifs is 1. The van der Waals surface area contributed by atoms with Crippen LogP contribution in [0.1, 0.15) is 39.3 Å². The van der Waals surface area contributed by atoms with Gasteiger partial charge in [-0.15, -0.1) is 11.3 Å². The van der Waals surface area contributed by atoms with E-state index in [9.17, 15) is 14.4 Å². The molecule has 3 heterocycles. The Kier molecular flexibility index (Phi) is 8.42. The Bertz CT molecular complexity index is 2080. The zero-order valence-corrected chi connectivity index (χ0v) is 26.4. The summed E-state index contributed by atoms with van der Waals surface area (Å²) >= 11 is 6.33. The van der Waals surface area contributed by atoms with Gasteiger partial charge in [-0.3, -0.25) is 14.2 Å². The average Bonchev–Trinajstić information content (AvgIpc) is 3.65. The van der Waals surface area contributed by atoms with Gasteiger partial charge in [0.1, 0.15) is 18.4 Å². The fourth-order valence-electron chi connectivity index (χ4n) is 4.83. The quantitative estimate of drug-likeness (QED) is 0.209. The average molecular weight is 687 g/mol. The van der Waals surface area contributed by atoms with E-state index < -0.39 is 12.0 Å². The number of halogens is 1. The molecule has 0 saturated carbocycles. The molecule has 0 unspecified atom stereocenters. The van der Waals surface area contributed by atoms with Crippen molar-refractivity contribution in [3.63, 3.8) is 0 Å². The number of hydrogen-bond acceptors (Lipinski definition) is 7. The first-order chi connectivity index (χ1) is 21.3. The Labute approximate surface area is 268 Å². The minimum atomic E-state index is -0.977. The minimum absolute atomic E-state index is 0.216. The number of thiophene rings is 1. The third-order valence-electron chi connectivity index (χ3n) is 6.96. The summed E-state index contributed by atoms with van der Waals surface area (Å²) in [5.74, 6) is -0.676. The fourth-order valence-corrected chi connectivity index (χ4v) is 7.21. The lowest BCUT2D eigenvalue weighted by Gasteiger charge is -2.24. The van der Waals surface area contributed by atoms with Crippen molar-refractivity contribution in [1.82, 2.24) is 4.57 Å². The maximum absolute atomic E-state index is 13.9. The fraction of sp³-hybridized carbons (Fsp3) is 0.0909. The molecule has 3 aromatic carbocycles. The number of nitrogens with zero attached hydrogens (tertiary/aromatic N) is 2. The summed E-state index contributed by atoms with van der Waals surface area (Å²) < 4.78 is 8.73. The van der Waals surface area contributed by atoms with Crippen LogP contribution in [-0.4, -0.2) is 21.6 Å². The predicted octanol–water partition coefficient (Wildman–Crippen LogP) is 5.98. The van der Waals surface area contributed by atoms with Crippen molar-refractivity contribution >= 4 is 62.2 Å². The third kappa shape index (κ3) is 6.07. The van der Waals surface area contributed by atoms with Gasteiger partial charge in [0.15, 0.2) is 4.80 Å². The van der Waals surface area contributed by atoms with E-state index in [2.05, 4.69) is 21.2 Å². The summed E-state index contributed by atoms with van der Waals surface area (Å²) in [6, 6.07) is 24.5. The number of carbonyl (C=O) groups excluding carboxylic acids is 1. The third-order valence-corrected chi connectivity index (χ3v) is 9.49. The van der Waals surface area contributed by atoms with Gasteiger partial charge in [0.25, 0.3) is 11.5 Å². The van der Waals surface area contributed by atoms with E-state index in [1.54, 1.807) is 29.7 Å². The molecule has 0 radical (unpaired) electrons. The number of nitrogens with one attached hydrogen (secondary N) is 1. The van der Waals surface area contributed by atoms with Crippen molar-refractivity contribution in [1.29, 1.82) is 0 Å². The van der Waals surface area contributed by atoms with Crippen LogP contribution in [-0.2, 0) is 11.4 Å². The number of aromatic nitrogens is 1. The molecule has 0 bridgehead atoms. The van der Waals surface area contributed by atoms with Gasteiger partial charge in [0.05, 0.1) is 25.8 Å². The van der Waals surface area contributed by atoms with Crippen LogP contribution >= 0.6 is 38.6 Å². The lowest BCUT2D eigenvalue weighted by molar-refractivity contribution is -0.113. The maximum Gasteiger partial charge on any atom is 0.335 e. The summed E-state index contributed by atoms with van der Waals surface area (Å²) in [6.07, 6.45) is 1.80. The number of carbonyl (C=O) groups is 2. The van der Waals surface area contributed by atoms with E-state index in [1.807, 2.05) is 66.0 Å². The van der Waals surface area contributed by atoms with E-state index in [0.717, 1.165) is 16.0 Å². The van der Waals surface area contributed by atoms with Gasteiger partial charge in [-0.1, -0.05) is 53.8 Å². The molecule has 1 atom stereocenters. The Hall–Kier alpha value is -4.58. The number of carboxylic acids is 1. The maximum atomic E-state index is 13.9. The lowest BCUT2D eigenvalue weighted by atomic mass is 10.0. The van der Waals surface area contributed by atoms with Gasteiger partial charge in [0, 0.05) is 10.6 Å². The molecule has 1 aliphatic heterocycles. The van der Waals surface area contributed by atoms with Crippen LogP contribution in [0.5, 0.6) is 5.75 Å². The Balaban J connectivity index is 1.30. The molecule has 0 fully saturated rings. The highest BCUT2D eigenvalue weighted by atomic mass is 79.9. The van der Waals surface area contributed by atoms with Crippen molar-refractivity contribution in [3.05, 3.63) is 147 Å². The number of anilines is 1. The van der Waals surface area contributed by atoms with E-state index in [-0.39, 0.29) is 23.6 Å². The molecule has 44 heavy (non-hydrogen) atoms. The number of aromatic carboxylic acids is 1. The van der Waals surface area contributed by atoms with Crippen LogP contribution in [0.15, 0.2) is 116 Å².